The van der Waals surface area contributed by atoms with Crippen LogP contribution in [-0.2, 0) is 19.1 Å². The van der Waals surface area contributed by atoms with Crippen molar-refractivity contribution in [3.8, 4) is 0 Å². The minimum absolute atomic E-state index is 0.0880. The zero-order chi connectivity index (χ0) is 40.0. The van der Waals surface area contributed by atoms with E-state index >= 15 is 0 Å². The molecule has 0 aromatic heterocycles. The van der Waals surface area contributed by atoms with Crippen LogP contribution >= 0.6 is 0 Å². The van der Waals surface area contributed by atoms with Crippen LogP contribution in [0.15, 0.2) is 12.2 Å². The number of hydrogen-bond acceptors (Lipinski definition) is 4. The molecule has 4 heteroatoms. The van der Waals surface area contributed by atoms with E-state index in [1.807, 2.05) is 6.08 Å². The molecule has 0 aliphatic heterocycles. The molecule has 55 heavy (non-hydrogen) atoms. The van der Waals surface area contributed by atoms with Crippen LogP contribution < -0.4 is 0 Å². The molecule has 0 aromatic rings. The van der Waals surface area contributed by atoms with Crippen LogP contribution in [0.3, 0.4) is 0 Å². The molecule has 0 saturated heterocycles. The Morgan fingerprint density at radius 1 is 0.364 bits per heavy atom. The molecule has 0 heterocycles. The maximum absolute atomic E-state index is 13.1. The van der Waals surface area contributed by atoms with Crippen LogP contribution in [0.2, 0.25) is 0 Å². The Morgan fingerprint density at radius 2 is 0.636 bits per heavy atom. The Labute approximate surface area is 345 Å². The molecule has 0 amide bonds. The van der Waals surface area contributed by atoms with Gasteiger partial charge in [-0.15, -0.1) is 0 Å². The maximum atomic E-state index is 13.1. The van der Waals surface area contributed by atoms with Crippen molar-refractivity contribution in [2.75, 3.05) is 13.2 Å². The SMILES string of the molecule is CCCCCCCCCCCCCCCCCCC/C=C/C(CC(=O)OCCCCCCCCCCCCC)C(=O)OCCCCCCCCCCCCC. The molecule has 0 aliphatic carbocycles. The number of carbonyl (C=O) groups excluding carboxylic acids is 2. The van der Waals surface area contributed by atoms with Gasteiger partial charge < -0.3 is 9.47 Å². The van der Waals surface area contributed by atoms with Crippen molar-refractivity contribution in [1.29, 1.82) is 0 Å². The average molecular weight is 775 g/mol. The number of carbonyl (C=O) groups is 2. The van der Waals surface area contributed by atoms with E-state index in [-0.39, 0.29) is 18.4 Å². The highest BCUT2D eigenvalue weighted by Crippen LogP contribution is 2.17. The highest BCUT2D eigenvalue weighted by Gasteiger charge is 2.21. The Bertz CT molecular complexity index is 792. The second kappa shape index (κ2) is 47.1. The first-order valence-electron chi connectivity index (χ1n) is 25.1. The van der Waals surface area contributed by atoms with Crippen LogP contribution in [-0.4, -0.2) is 25.2 Å². The van der Waals surface area contributed by atoms with Gasteiger partial charge in [-0.05, 0) is 25.7 Å². The predicted molar refractivity (Wildman–Crippen MR) is 241 cm³/mol. The Kier molecular flexibility index (Phi) is 45.9. The third-order valence-corrected chi connectivity index (χ3v) is 11.5. The molecule has 0 bridgehead atoms. The highest BCUT2D eigenvalue weighted by molar-refractivity contribution is 5.81. The smallest absolute Gasteiger partial charge is 0.313 e. The number of rotatable bonds is 46. The Hall–Kier alpha value is -1.32. The molecule has 0 N–H and O–H groups in total. The van der Waals surface area contributed by atoms with E-state index < -0.39 is 5.92 Å². The first kappa shape index (κ1) is 53.7. The van der Waals surface area contributed by atoms with E-state index in [9.17, 15) is 9.59 Å². The molecule has 0 saturated carbocycles. The van der Waals surface area contributed by atoms with Crippen molar-refractivity contribution >= 4 is 11.9 Å². The van der Waals surface area contributed by atoms with Crippen molar-refractivity contribution in [3.63, 3.8) is 0 Å². The van der Waals surface area contributed by atoms with Gasteiger partial charge in [-0.2, -0.15) is 0 Å². The molecule has 0 aromatic carbocycles. The zero-order valence-corrected chi connectivity index (χ0v) is 37.8. The lowest BCUT2D eigenvalue weighted by Crippen LogP contribution is -2.21. The largest absolute Gasteiger partial charge is 0.466 e. The van der Waals surface area contributed by atoms with Crippen molar-refractivity contribution < 1.29 is 19.1 Å². The summed E-state index contributed by atoms with van der Waals surface area (Å²) in [7, 11) is 0. The molecule has 1 atom stereocenters. The van der Waals surface area contributed by atoms with Gasteiger partial charge in [-0.3, -0.25) is 9.59 Å². The van der Waals surface area contributed by atoms with Gasteiger partial charge >= 0.3 is 11.9 Å². The van der Waals surface area contributed by atoms with Crippen LogP contribution in [0.5, 0.6) is 0 Å². The molecular formula is C51H98O4. The summed E-state index contributed by atoms with van der Waals surface area (Å²) in [4.78, 5) is 25.8. The van der Waals surface area contributed by atoms with Crippen LogP contribution in [0, 0.1) is 5.92 Å². The third-order valence-electron chi connectivity index (χ3n) is 11.5. The van der Waals surface area contributed by atoms with Crippen LogP contribution in [0.1, 0.15) is 284 Å². The second-order valence-corrected chi connectivity index (χ2v) is 17.1. The number of ether oxygens (including phenoxy) is 2. The van der Waals surface area contributed by atoms with E-state index in [1.54, 1.807) is 0 Å². The fraction of sp³-hybridized carbons (Fsp3) is 0.922. The van der Waals surface area contributed by atoms with Crippen molar-refractivity contribution in [2.45, 2.75) is 284 Å². The fourth-order valence-corrected chi connectivity index (χ4v) is 7.71. The van der Waals surface area contributed by atoms with Crippen LogP contribution in [0.4, 0.5) is 0 Å². The molecule has 0 aliphatic rings. The van der Waals surface area contributed by atoms with Gasteiger partial charge in [0.05, 0.1) is 25.6 Å². The monoisotopic (exact) mass is 775 g/mol. The zero-order valence-electron chi connectivity index (χ0n) is 37.8. The number of hydrogen-bond donors (Lipinski definition) is 0. The lowest BCUT2D eigenvalue weighted by atomic mass is 10.0. The molecule has 326 valence electrons. The fourth-order valence-electron chi connectivity index (χ4n) is 7.71. The molecule has 1 unspecified atom stereocenters. The Morgan fingerprint density at radius 3 is 0.964 bits per heavy atom. The summed E-state index contributed by atoms with van der Waals surface area (Å²) in [5.74, 6) is -1.08. The summed E-state index contributed by atoms with van der Waals surface area (Å²) in [6, 6.07) is 0. The standard InChI is InChI=1S/C51H98O4/c1-4-7-10-13-16-19-22-23-24-25-26-27-28-29-30-33-36-39-42-45-49(51(53)55-47-44-41-38-35-32-21-18-15-12-9-6-3)48-50(52)54-46-43-40-37-34-31-20-17-14-11-8-5-2/h42,45,49H,4-41,43-44,46-48H2,1-3H3/b45-42+. The minimum Gasteiger partial charge on any atom is -0.466 e. The molecule has 0 rings (SSSR count). The lowest BCUT2D eigenvalue weighted by molar-refractivity contribution is -0.153. The first-order chi connectivity index (χ1) is 27.2. The van der Waals surface area contributed by atoms with Gasteiger partial charge in [0.1, 0.15) is 0 Å². The summed E-state index contributed by atoms with van der Waals surface area (Å²) in [6.45, 7) is 7.74. The minimum atomic E-state index is -0.539. The molecule has 0 fully saturated rings. The van der Waals surface area contributed by atoms with Crippen molar-refractivity contribution in [3.05, 3.63) is 12.2 Å². The quantitative estimate of drug-likeness (QED) is 0.0351. The summed E-state index contributed by atoms with van der Waals surface area (Å²) in [5, 5.41) is 0. The first-order valence-corrected chi connectivity index (χ1v) is 25.1. The van der Waals surface area contributed by atoms with E-state index in [4.69, 9.17) is 9.47 Å². The Balaban J connectivity index is 4.24. The summed E-state index contributed by atoms with van der Waals surface area (Å²) in [5.41, 5.74) is 0. The summed E-state index contributed by atoms with van der Waals surface area (Å²) >= 11 is 0. The van der Waals surface area contributed by atoms with Crippen molar-refractivity contribution in [2.24, 2.45) is 5.92 Å². The van der Waals surface area contributed by atoms with Crippen LogP contribution in [0.25, 0.3) is 0 Å². The lowest BCUT2D eigenvalue weighted by Gasteiger charge is -2.13. The maximum Gasteiger partial charge on any atom is 0.313 e. The number of unbranched alkanes of at least 4 members (excludes halogenated alkanes) is 37. The number of allylic oxidation sites excluding steroid dienone is 1. The molecule has 4 nitrogen and oxygen atoms in total. The van der Waals surface area contributed by atoms with Gasteiger partial charge in [0.25, 0.3) is 0 Å². The van der Waals surface area contributed by atoms with Gasteiger partial charge in [-0.1, -0.05) is 264 Å². The highest BCUT2D eigenvalue weighted by atomic mass is 16.5. The summed E-state index contributed by atoms with van der Waals surface area (Å²) < 4.78 is 11.3. The second-order valence-electron chi connectivity index (χ2n) is 17.1. The van der Waals surface area contributed by atoms with Crippen molar-refractivity contribution in [1.82, 2.24) is 0 Å². The number of esters is 2. The molecule has 0 radical (unpaired) electrons. The van der Waals surface area contributed by atoms with E-state index in [0.29, 0.717) is 13.2 Å². The van der Waals surface area contributed by atoms with E-state index in [1.165, 1.54) is 218 Å². The topological polar surface area (TPSA) is 52.6 Å². The van der Waals surface area contributed by atoms with Gasteiger partial charge in [0.2, 0.25) is 0 Å². The van der Waals surface area contributed by atoms with Gasteiger partial charge in [0.15, 0.2) is 0 Å². The van der Waals surface area contributed by atoms with E-state index in [0.717, 1.165) is 38.5 Å². The molecule has 0 spiro atoms. The van der Waals surface area contributed by atoms with Gasteiger partial charge in [-0.25, -0.2) is 0 Å². The average Bonchev–Trinajstić information content (AvgIpc) is 3.19. The predicted octanol–water partition coefficient (Wildman–Crippen LogP) is 17.3. The third kappa shape index (κ3) is 43.6. The summed E-state index contributed by atoms with van der Waals surface area (Å²) in [6.07, 6.45) is 56.4. The van der Waals surface area contributed by atoms with Gasteiger partial charge in [0, 0.05) is 0 Å². The molecular weight excluding hydrogens is 677 g/mol. The normalized spacial score (nSPS) is 12.1. The van der Waals surface area contributed by atoms with E-state index in [2.05, 4.69) is 26.8 Å².